The molecule has 1 aliphatic rings. The van der Waals surface area contributed by atoms with Crippen LogP contribution in [0.15, 0.2) is 11.1 Å². The molecule has 0 heterocycles. The van der Waals surface area contributed by atoms with E-state index in [9.17, 15) is 9.90 Å². The predicted molar refractivity (Wildman–Crippen MR) is 61.6 cm³/mol. The normalized spacial score (nSPS) is 30.2. The Bertz CT molecular complexity index is 265. The molecule has 1 rings (SSSR count). The van der Waals surface area contributed by atoms with E-state index in [0.717, 1.165) is 23.7 Å². The number of esters is 1. The second kappa shape index (κ2) is 5.12. The molecule has 86 valence electrons. The predicted octanol–water partition coefficient (Wildman–Crippen LogP) is 2.38. The van der Waals surface area contributed by atoms with E-state index >= 15 is 0 Å². The van der Waals surface area contributed by atoms with Gasteiger partial charge in [-0.25, -0.2) is 0 Å². The molecule has 0 radical (unpaired) electrons. The molecule has 2 atom stereocenters. The number of hydrogen-bond donors (Lipinski definition) is 1. The molecule has 0 spiro atoms. The van der Waals surface area contributed by atoms with Crippen molar-refractivity contribution in [3.05, 3.63) is 11.1 Å². The molecule has 1 aliphatic carbocycles. The summed E-state index contributed by atoms with van der Waals surface area (Å²) in [6.45, 7) is 5.46. The van der Waals surface area contributed by atoms with Gasteiger partial charge in [-0.15, -0.1) is 0 Å². The van der Waals surface area contributed by atoms with Crippen molar-refractivity contribution in [1.82, 2.24) is 0 Å². The van der Waals surface area contributed by atoms with Gasteiger partial charge < -0.3 is 9.84 Å². The number of aliphatic hydroxyl groups excluding tert-OH is 1. The third-order valence-corrected chi connectivity index (χ3v) is 3.25. The molecule has 0 bridgehead atoms. The Labute approximate surface area is 98.6 Å². The minimum Gasteiger partial charge on any atom is -0.465 e. The maximum Gasteiger partial charge on any atom is 0.302 e. The van der Waals surface area contributed by atoms with E-state index in [2.05, 4.69) is 22.5 Å². The molecule has 0 aliphatic heterocycles. The summed E-state index contributed by atoms with van der Waals surface area (Å²) in [6.07, 6.45) is 2.89. The van der Waals surface area contributed by atoms with Crippen molar-refractivity contribution in [2.45, 2.75) is 38.7 Å². The van der Waals surface area contributed by atoms with Gasteiger partial charge >= 0.3 is 5.97 Å². The Morgan fingerprint density at radius 1 is 1.73 bits per heavy atom. The lowest BCUT2D eigenvalue weighted by molar-refractivity contribution is -0.146. The molecule has 1 fully saturated rings. The Balaban J connectivity index is 2.67. The van der Waals surface area contributed by atoms with Crippen molar-refractivity contribution >= 4 is 21.9 Å². The number of hydrogen-bond acceptors (Lipinski definition) is 3. The van der Waals surface area contributed by atoms with Crippen LogP contribution in [-0.4, -0.2) is 23.8 Å². The largest absolute Gasteiger partial charge is 0.465 e. The zero-order valence-corrected chi connectivity index (χ0v) is 10.5. The summed E-state index contributed by atoms with van der Waals surface area (Å²) in [4.78, 5) is 10.8. The van der Waals surface area contributed by atoms with E-state index in [1.165, 1.54) is 6.92 Å². The first-order valence-corrected chi connectivity index (χ1v) is 5.90. The molecule has 15 heavy (non-hydrogen) atoms. The van der Waals surface area contributed by atoms with Crippen LogP contribution in [0.2, 0.25) is 0 Å². The van der Waals surface area contributed by atoms with Crippen LogP contribution in [0.3, 0.4) is 0 Å². The number of halogens is 1. The molecular formula is C11H17BrO3. The highest BCUT2D eigenvalue weighted by Gasteiger charge is 2.43. The lowest BCUT2D eigenvalue weighted by atomic mass is 9.81. The fraction of sp³-hybridized carbons (Fsp3) is 0.727. The van der Waals surface area contributed by atoms with Gasteiger partial charge in [0, 0.05) is 12.3 Å². The van der Waals surface area contributed by atoms with Crippen LogP contribution in [0.1, 0.15) is 32.6 Å². The molecular weight excluding hydrogens is 260 g/mol. The third-order valence-electron chi connectivity index (χ3n) is 2.97. The Hall–Kier alpha value is -0.350. The number of ether oxygens (including phenoxy) is 1. The van der Waals surface area contributed by atoms with Crippen molar-refractivity contribution in [2.75, 3.05) is 6.61 Å². The quantitative estimate of drug-likeness (QED) is 0.802. The number of carbonyl (C=O) groups is 1. The topological polar surface area (TPSA) is 46.5 Å². The summed E-state index contributed by atoms with van der Waals surface area (Å²) in [5.41, 5.74) is -0.327. The molecule has 1 saturated carbocycles. The van der Waals surface area contributed by atoms with Crippen molar-refractivity contribution in [1.29, 1.82) is 0 Å². The summed E-state index contributed by atoms with van der Waals surface area (Å²) in [5, 5.41) is 9.95. The number of carbonyl (C=O) groups excluding carboxylic acids is 1. The number of allylic oxidation sites excluding steroid dienone is 1. The minimum atomic E-state index is -0.397. The Kier molecular flexibility index (Phi) is 4.34. The fourth-order valence-corrected chi connectivity index (χ4v) is 2.73. The average molecular weight is 277 g/mol. The molecule has 0 aromatic carbocycles. The van der Waals surface area contributed by atoms with Gasteiger partial charge in [-0.05, 0) is 23.7 Å². The smallest absolute Gasteiger partial charge is 0.302 e. The number of aliphatic hydroxyl groups is 1. The van der Waals surface area contributed by atoms with E-state index in [1.54, 1.807) is 0 Å². The van der Waals surface area contributed by atoms with E-state index in [0.29, 0.717) is 6.42 Å². The maximum atomic E-state index is 10.8. The van der Waals surface area contributed by atoms with Crippen LogP contribution in [-0.2, 0) is 9.53 Å². The van der Waals surface area contributed by atoms with Crippen molar-refractivity contribution in [2.24, 2.45) is 5.41 Å². The first-order chi connectivity index (χ1) is 6.96. The summed E-state index contributed by atoms with van der Waals surface area (Å²) >= 11 is 3.31. The molecule has 0 amide bonds. The fourth-order valence-electron chi connectivity index (χ4n) is 2.17. The monoisotopic (exact) mass is 276 g/mol. The summed E-state index contributed by atoms with van der Waals surface area (Å²) in [7, 11) is 0. The molecule has 0 unspecified atom stereocenters. The third kappa shape index (κ3) is 3.31. The highest BCUT2D eigenvalue weighted by Crippen LogP contribution is 2.44. The number of rotatable bonds is 4. The summed E-state index contributed by atoms with van der Waals surface area (Å²) in [5.74, 6) is -0.298. The van der Waals surface area contributed by atoms with Crippen LogP contribution >= 0.6 is 15.9 Å². The minimum absolute atomic E-state index is 0.286. The maximum absolute atomic E-state index is 10.8. The van der Waals surface area contributed by atoms with Gasteiger partial charge in [0.05, 0.1) is 12.7 Å². The molecule has 3 nitrogen and oxygen atoms in total. The second-order valence-electron chi connectivity index (χ2n) is 4.24. The lowest BCUT2D eigenvalue weighted by Gasteiger charge is -2.31. The summed E-state index contributed by atoms with van der Waals surface area (Å²) in [6, 6.07) is 0. The highest BCUT2D eigenvalue weighted by atomic mass is 79.9. The highest BCUT2D eigenvalue weighted by molar-refractivity contribution is 9.11. The van der Waals surface area contributed by atoms with Crippen molar-refractivity contribution < 1.29 is 14.6 Å². The molecule has 0 saturated heterocycles. The van der Waals surface area contributed by atoms with Gasteiger partial charge in [-0.2, -0.15) is 0 Å². The van der Waals surface area contributed by atoms with Gasteiger partial charge in [-0.3, -0.25) is 4.79 Å². The molecule has 4 heteroatoms. The second-order valence-corrected chi connectivity index (χ2v) is 5.37. The van der Waals surface area contributed by atoms with Gasteiger partial charge in [0.25, 0.3) is 0 Å². The van der Waals surface area contributed by atoms with Gasteiger partial charge in [0.15, 0.2) is 0 Å². The van der Waals surface area contributed by atoms with E-state index in [4.69, 9.17) is 4.74 Å². The van der Waals surface area contributed by atoms with Crippen LogP contribution in [0.5, 0.6) is 0 Å². The van der Waals surface area contributed by atoms with Gasteiger partial charge in [0.1, 0.15) is 0 Å². The molecule has 0 aromatic heterocycles. The standard InChI is InChI=1S/C11H17BrO3/c1-8(12)6-11(7-15-9(2)13)5-3-4-10(11)14/h10,14H,1,3-7H2,2H3/t10-,11-/m1/s1. The van der Waals surface area contributed by atoms with E-state index < -0.39 is 6.10 Å². The lowest BCUT2D eigenvalue weighted by Crippen LogP contribution is -2.35. The van der Waals surface area contributed by atoms with Crippen molar-refractivity contribution in [3.8, 4) is 0 Å². The zero-order valence-electron chi connectivity index (χ0n) is 8.96. The zero-order chi connectivity index (χ0) is 11.5. The first kappa shape index (κ1) is 12.7. The summed E-state index contributed by atoms with van der Waals surface area (Å²) < 4.78 is 5.88. The van der Waals surface area contributed by atoms with Gasteiger partial charge in [-0.1, -0.05) is 28.9 Å². The van der Waals surface area contributed by atoms with Crippen molar-refractivity contribution in [3.63, 3.8) is 0 Å². The van der Waals surface area contributed by atoms with Gasteiger partial charge in [0.2, 0.25) is 0 Å². The average Bonchev–Trinajstić information content (AvgIpc) is 2.44. The molecule has 0 aromatic rings. The Morgan fingerprint density at radius 3 is 2.80 bits per heavy atom. The van der Waals surface area contributed by atoms with Crippen LogP contribution in [0, 0.1) is 5.41 Å². The van der Waals surface area contributed by atoms with E-state index in [-0.39, 0.29) is 18.0 Å². The Morgan fingerprint density at radius 2 is 2.40 bits per heavy atom. The van der Waals surface area contributed by atoms with Crippen LogP contribution in [0.25, 0.3) is 0 Å². The SMILES string of the molecule is C=C(Br)C[C@@]1(COC(C)=O)CCC[C@H]1O. The first-order valence-electron chi connectivity index (χ1n) is 5.11. The van der Waals surface area contributed by atoms with Crippen LogP contribution < -0.4 is 0 Å². The van der Waals surface area contributed by atoms with E-state index in [1.807, 2.05) is 0 Å². The molecule has 1 N–H and O–H groups in total. The van der Waals surface area contributed by atoms with Crippen LogP contribution in [0.4, 0.5) is 0 Å².